The van der Waals surface area contributed by atoms with Gasteiger partial charge in [0, 0.05) is 5.69 Å². The topological polar surface area (TPSA) is 25.2 Å². The van der Waals surface area contributed by atoms with E-state index in [1.54, 1.807) is 6.26 Å². The van der Waals surface area contributed by atoms with Gasteiger partial charge in [-0.3, -0.25) is 0 Å². The molecule has 0 amide bonds. The molecule has 0 spiro atoms. The van der Waals surface area contributed by atoms with Crippen molar-refractivity contribution in [1.29, 1.82) is 0 Å². The van der Waals surface area contributed by atoms with E-state index in [0.717, 1.165) is 25.0 Å². The quantitative estimate of drug-likeness (QED) is 0.788. The van der Waals surface area contributed by atoms with Gasteiger partial charge in [-0.2, -0.15) is 0 Å². The fourth-order valence-corrected chi connectivity index (χ4v) is 2.20. The normalized spacial score (nSPS) is 12.3. The zero-order valence-corrected chi connectivity index (χ0v) is 11.1. The van der Waals surface area contributed by atoms with E-state index in [-0.39, 0.29) is 6.04 Å². The van der Waals surface area contributed by atoms with Crippen molar-refractivity contribution in [3.8, 4) is 0 Å². The van der Waals surface area contributed by atoms with Crippen molar-refractivity contribution in [1.82, 2.24) is 0 Å². The maximum atomic E-state index is 5.50. The molecular weight excluding hydrogens is 222 g/mol. The molecule has 96 valence electrons. The summed E-state index contributed by atoms with van der Waals surface area (Å²) in [4.78, 5) is 0. The van der Waals surface area contributed by atoms with E-state index >= 15 is 0 Å². The molecule has 1 atom stereocenters. The van der Waals surface area contributed by atoms with Gasteiger partial charge in [0.05, 0.1) is 12.3 Å². The van der Waals surface area contributed by atoms with Gasteiger partial charge in [0.1, 0.15) is 5.76 Å². The molecule has 0 bridgehead atoms. The van der Waals surface area contributed by atoms with Gasteiger partial charge in [-0.05, 0) is 36.6 Å². The van der Waals surface area contributed by atoms with Crippen LogP contribution in [0, 0.1) is 0 Å². The van der Waals surface area contributed by atoms with E-state index in [9.17, 15) is 0 Å². The van der Waals surface area contributed by atoms with E-state index in [0.29, 0.717) is 0 Å². The Morgan fingerprint density at radius 1 is 1.11 bits per heavy atom. The van der Waals surface area contributed by atoms with Crippen LogP contribution in [0.2, 0.25) is 0 Å². The summed E-state index contributed by atoms with van der Waals surface area (Å²) in [5, 5.41) is 3.59. The lowest BCUT2D eigenvalue weighted by Crippen LogP contribution is -2.10. The Hall–Kier alpha value is -1.70. The molecule has 2 heteroatoms. The number of benzene rings is 1. The average molecular weight is 243 g/mol. The smallest absolute Gasteiger partial charge is 0.125 e. The van der Waals surface area contributed by atoms with Crippen LogP contribution in [0.15, 0.2) is 47.1 Å². The second-order valence-corrected chi connectivity index (χ2v) is 4.53. The van der Waals surface area contributed by atoms with Crippen LogP contribution in [-0.2, 0) is 6.42 Å². The van der Waals surface area contributed by atoms with Crippen molar-refractivity contribution in [2.45, 2.75) is 39.2 Å². The monoisotopic (exact) mass is 243 g/mol. The Labute approximate surface area is 109 Å². The van der Waals surface area contributed by atoms with Crippen molar-refractivity contribution < 1.29 is 4.42 Å². The van der Waals surface area contributed by atoms with Crippen LogP contribution in [0.5, 0.6) is 0 Å². The number of furan rings is 1. The number of aryl methyl sites for hydroxylation is 1. The second kappa shape index (κ2) is 6.29. The summed E-state index contributed by atoms with van der Waals surface area (Å²) in [5.74, 6) is 1.00. The summed E-state index contributed by atoms with van der Waals surface area (Å²) in [6.45, 7) is 4.38. The third-order valence-corrected chi connectivity index (χ3v) is 3.16. The van der Waals surface area contributed by atoms with Crippen LogP contribution in [0.1, 0.15) is 44.1 Å². The van der Waals surface area contributed by atoms with Gasteiger partial charge in [-0.1, -0.05) is 38.5 Å². The minimum absolute atomic E-state index is 0.248. The summed E-state index contributed by atoms with van der Waals surface area (Å²) >= 11 is 0. The summed E-state index contributed by atoms with van der Waals surface area (Å²) in [5.41, 5.74) is 2.60. The number of nitrogens with one attached hydrogen (secondary N) is 1. The summed E-state index contributed by atoms with van der Waals surface area (Å²) < 4.78 is 5.50. The largest absolute Gasteiger partial charge is 0.467 e. The van der Waals surface area contributed by atoms with Gasteiger partial charge in [-0.25, -0.2) is 0 Å². The van der Waals surface area contributed by atoms with E-state index in [1.807, 2.05) is 12.1 Å². The van der Waals surface area contributed by atoms with E-state index in [1.165, 1.54) is 11.3 Å². The van der Waals surface area contributed by atoms with E-state index in [4.69, 9.17) is 4.42 Å². The fraction of sp³-hybridized carbons (Fsp3) is 0.375. The molecule has 0 saturated carbocycles. The molecule has 0 saturated heterocycles. The number of hydrogen-bond donors (Lipinski definition) is 1. The highest BCUT2D eigenvalue weighted by Crippen LogP contribution is 2.25. The predicted octanol–water partition coefficient (Wildman–Crippen LogP) is 4.80. The molecule has 1 heterocycles. The Morgan fingerprint density at radius 2 is 1.94 bits per heavy atom. The van der Waals surface area contributed by atoms with Crippen LogP contribution in [0.4, 0.5) is 5.69 Å². The third-order valence-electron chi connectivity index (χ3n) is 3.16. The van der Waals surface area contributed by atoms with Crippen LogP contribution < -0.4 is 5.32 Å². The van der Waals surface area contributed by atoms with Crippen molar-refractivity contribution >= 4 is 5.69 Å². The highest BCUT2D eigenvalue weighted by atomic mass is 16.3. The first-order chi connectivity index (χ1) is 8.85. The first-order valence-electron chi connectivity index (χ1n) is 6.73. The van der Waals surface area contributed by atoms with Gasteiger partial charge in [-0.15, -0.1) is 0 Å². The zero-order valence-electron chi connectivity index (χ0n) is 11.1. The lowest BCUT2D eigenvalue weighted by molar-refractivity contribution is 0.473. The maximum Gasteiger partial charge on any atom is 0.125 e. The van der Waals surface area contributed by atoms with Crippen molar-refractivity contribution in [2.75, 3.05) is 5.32 Å². The molecule has 2 aromatic rings. The van der Waals surface area contributed by atoms with Crippen molar-refractivity contribution in [2.24, 2.45) is 0 Å². The molecule has 18 heavy (non-hydrogen) atoms. The number of anilines is 1. The highest BCUT2D eigenvalue weighted by Gasteiger charge is 2.13. The third kappa shape index (κ3) is 2.95. The second-order valence-electron chi connectivity index (χ2n) is 4.53. The maximum absolute atomic E-state index is 5.50. The zero-order chi connectivity index (χ0) is 12.8. The number of rotatable bonds is 6. The number of para-hydroxylation sites is 1. The summed E-state index contributed by atoms with van der Waals surface area (Å²) in [6.07, 6.45) is 5.01. The lowest BCUT2D eigenvalue weighted by atomic mass is 10.1. The van der Waals surface area contributed by atoms with Gasteiger partial charge in [0.2, 0.25) is 0 Å². The van der Waals surface area contributed by atoms with Gasteiger partial charge in [0.25, 0.3) is 0 Å². The minimum Gasteiger partial charge on any atom is -0.467 e. The fourth-order valence-electron chi connectivity index (χ4n) is 2.20. The molecule has 2 rings (SSSR count). The summed E-state index contributed by atoms with van der Waals surface area (Å²) in [7, 11) is 0. The molecule has 0 aliphatic heterocycles. The van der Waals surface area contributed by atoms with Crippen LogP contribution >= 0.6 is 0 Å². The molecule has 0 fully saturated rings. The standard InChI is InChI=1S/C16H21NO/c1-3-8-13-9-5-6-10-15(13)17-14(4-2)16-11-7-12-18-16/h5-7,9-12,14,17H,3-4,8H2,1-2H3. The first-order valence-corrected chi connectivity index (χ1v) is 6.73. The van der Waals surface area contributed by atoms with Gasteiger partial charge >= 0.3 is 0 Å². The number of hydrogen-bond acceptors (Lipinski definition) is 2. The van der Waals surface area contributed by atoms with Crippen molar-refractivity contribution in [3.05, 3.63) is 54.0 Å². The van der Waals surface area contributed by atoms with E-state index < -0.39 is 0 Å². The Morgan fingerprint density at radius 3 is 2.61 bits per heavy atom. The minimum atomic E-state index is 0.248. The van der Waals surface area contributed by atoms with Crippen LogP contribution in [0.25, 0.3) is 0 Å². The molecule has 2 nitrogen and oxygen atoms in total. The Balaban J connectivity index is 2.17. The first kappa shape index (κ1) is 12.7. The van der Waals surface area contributed by atoms with Crippen LogP contribution in [0.3, 0.4) is 0 Å². The van der Waals surface area contributed by atoms with Crippen molar-refractivity contribution in [3.63, 3.8) is 0 Å². The molecule has 1 aromatic heterocycles. The SMILES string of the molecule is CCCc1ccccc1NC(CC)c1ccco1. The predicted molar refractivity (Wildman–Crippen MR) is 75.8 cm³/mol. The van der Waals surface area contributed by atoms with Crippen LogP contribution in [-0.4, -0.2) is 0 Å². The molecular formula is C16H21NO. The summed E-state index contributed by atoms with van der Waals surface area (Å²) in [6, 6.07) is 12.7. The highest BCUT2D eigenvalue weighted by molar-refractivity contribution is 5.52. The Kier molecular flexibility index (Phi) is 4.46. The Bertz CT molecular complexity index is 462. The average Bonchev–Trinajstić information content (AvgIpc) is 2.92. The van der Waals surface area contributed by atoms with Gasteiger partial charge < -0.3 is 9.73 Å². The van der Waals surface area contributed by atoms with Gasteiger partial charge in [0.15, 0.2) is 0 Å². The van der Waals surface area contributed by atoms with E-state index in [2.05, 4.69) is 43.4 Å². The molecule has 0 aliphatic rings. The molecule has 1 unspecified atom stereocenters. The molecule has 0 radical (unpaired) electrons. The molecule has 1 aromatic carbocycles. The molecule has 1 N–H and O–H groups in total. The molecule has 0 aliphatic carbocycles. The lowest BCUT2D eigenvalue weighted by Gasteiger charge is -2.18.